The molecule has 1 aliphatic rings. The normalized spacial score (nSPS) is 22.3. The second-order valence-electron chi connectivity index (χ2n) is 5.56. The van der Waals surface area contributed by atoms with Crippen molar-refractivity contribution in [1.29, 1.82) is 0 Å². The summed E-state index contributed by atoms with van der Waals surface area (Å²) in [6, 6.07) is 0. The van der Waals surface area contributed by atoms with Crippen LogP contribution in [0, 0.1) is 0 Å². The molecule has 1 unspecified atom stereocenters. The average Bonchev–Trinajstić information content (AvgIpc) is 2.49. The fourth-order valence-corrected chi connectivity index (χ4v) is 2.03. The lowest BCUT2D eigenvalue weighted by Crippen LogP contribution is -2.26. The van der Waals surface area contributed by atoms with Crippen molar-refractivity contribution in [2.45, 2.75) is 64.5 Å². The lowest BCUT2D eigenvalue weighted by atomic mass is 10.0. The largest absolute Gasteiger partial charge is 0.510 e. The number of aliphatic hydroxyl groups excluding tert-OH is 1. The topological polar surface area (TPSA) is 89.9 Å². The Morgan fingerprint density at radius 2 is 1.68 bits per heavy atom. The van der Waals surface area contributed by atoms with Gasteiger partial charge < -0.3 is 10.2 Å². The van der Waals surface area contributed by atoms with Gasteiger partial charge in [0.1, 0.15) is 11.5 Å². The highest BCUT2D eigenvalue weighted by Crippen LogP contribution is 2.28. The van der Waals surface area contributed by atoms with E-state index in [2.05, 4.69) is 34.3 Å². The van der Waals surface area contributed by atoms with E-state index < -0.39 is 5.72 Å². The fourth-order valence-electron chi connectivity index (χ4n) is 2.03. The van der Waals surface area contributed by atoms with Gasteiger partial charge in [0.25, 0.3) is 0 Å². The molecule has 0 heterocycles. The first-order valence-electron chi connectivity index (χ1n) is 8.21. The molecule has 0 spiro atoms. The Morgan fingerprint density at radius 3 is 2.27 bits per heavy atom. The number of unbranched alkanes of at least 4 members (excludes halogenated alkanes) is 4. The molecule has 0 saturated carbocycles. The molecule has 1 aliphatic carbocycles. The smallest absolute Gasteiger partial charge is 0.202 e. The van der Waals surface area contributed by atoms with Crippen LogP contribution in [-0.2, 0) is 0 Å². The number of aliphatic hydroxyl groups is 2. The second-order valence-corrected chi connectivity index (χ2v) is 5.56. The molecular formula is C16H28N4O2. The van der Waals surface area contributed by atoms with Gasteiger partial charge in [0.2, 0.25) is 5.72 Å². The highest BCUT2D eigenvalue weighted by atomic mass is 16.3. The lowest BCUT2D eigenvalue weighted by molar-refractivity contribution is 0.0770. The Hall–Kier alpha value is -1.56. The van der Waals surface area contributed by atoms with E-state index in [1.165, 1.54) is 6.08 Å². The van der Waals surface area contributed by atoms with Crippen LogP contribution in [0.4, 0.5) is 0 Å². The van der Waals surface area contributed by atoms with Gasteiger partial charge in [0.15, 0.2) is 0 Å². The van der Waals surface area contributed by atoms with E-state index in [4.69, 9.17) is 0 Å². The van der Waals surface area contributed by atoms with Crippen LogP contribution in [0.5, 0.6) is 0 Å². The van der Waals surface area contributed by atoms with Crippen molar-refractivity contribution in [2.24, 2.45) is 20.5 Å². The van der Waals surface area contributed by atoms with Crippen molar-refractivity contribution in [2.75, 3.05) is 13.1 Å². The van der Waals surface area contributed by atoms with Gasteiger partial charge in [-0.2, -0.15) is 20.5 Å². The summed E-state index contributed by atoms with van der Waals surface area (Å²) in [6.07, 6.45) is 9.48. The van der Waals surface area contributed by atoms with E-state index in [-0.39, 0.29) is 12.2 Å². The van der Waals surface area contributed by atoms with E-state index in [0.29, 0.717) is 18.8 Å². The van der Waals surface area contributed by atoms with Gasteiger partial charge in [-0.15, -0.1) is 0 Å². The minimum Gasteiger partial charge on any atom is -0.510 e. The van der Waals surface area contributed by atoms with Gasteiger partial charge in [-0.1, -0.05) is 39.5 Å². The van der Waals surface area contributed by atoms with Crippen LogP contribution in [0.25, 0.3) is 0 Å². The number of hydrogen-bond acceptors (Lipinski definition) is 6. The molecule has 22 heavy (non-hydrogen) atoms. The summed E-state index contributed by atoms with van der Waals surface area (Å²) in [7, 11) is 0. The summed E-state index contributed by atoms with van der Waals surface area (Å²) in [5.41, 5.74) is -1.07. The number of hydrogen-bond donors (Lipinski definition) is 2. The lowest BCUT2D eigenvalue weighted by Gasteiger charge is -2.21. The molecule has 2 N–H and O–H groups in total. The van der Waals surface area contributed by atoms with Crippen LogP contribution in [0.1, 0.15) is 58.8 Å². The Bertz CT molecular complexity index is 443. The molecule has 0 aromatic heterocycles. The molecule has 1 atom stereocenters. The van der Waals surface area contributed by atoms with Gasteiger partial charge in [0, 0.05) is 0 Å². The van der Waals surface area contributed by atoms with Crippen molar-refractivity contribution in [3.63, 3.8) is 0 Å². The molecule has 6 nitrogen and oxygen atoms in total. The monoisotopic (exact) mass is 308 g/mol. The standard InChI is InChI=1S/C16H28N4O2/c1-3-5-7-11-17-19-14-9-10-16(22,13-15(14)21)20-18-12-8-6-4-2/h9-10,21-22H,3-8,11-13H2,1-2H3/b19-17+,20-18+. The van der Waals surface area contributed by atoms with Gasteiger partial charge in [0.05, 0.1) is 19.5 Å². The van der Waals surface area contributed by atoms with E-state index in [1.54, 1.807) is 6.08 Å². The minimum absolute atomic E-state index is 0.00301. The highest BCUT2D eigenvalue weighted by molar-refractivity contribution is 5.29. The second kappa shape index (κ2) is 10.2. The molecule has 0 bridgehead atoms. The molecular weight excluding hydrogens is 280 g/mol. The van der Waals surface area contributed by atoms with Gasteiger partial charge in [-0.3, -0.25) is 0 Å². The van der Waals surface area contributed by atoms with Crippen LogP contribution in [-0.4, -0.2) is 29.0 Å². The van der Waals surface area contributed by atoms with Gasteiger partial charge >= 0.3 is 0 Å². The predicted molar refractivity (Wildman–Crippen MR) is 86.9 cm³/mol. The third kappa shape index (κ3) is 6.93. The molecule has 1 rings (SSSR count). The zero-order valence-corrected chi connectivity index (χ0v) is 13.7. The van der Waals surface area contributed by atoms with E-state index in [0.717, 1.165) is 38.5 Å². The maximum Gasteiger partial charge on any atom is 0.202 e. The van der Waals surface area contributed by atoms with Crippen LogP contribution in [0.15, 0.2) is 44.1 Å². The first-order chi connectivity index (χ1) is 10.6. The Balaban J connectivity index is 2.47. The summed E-state index contributed by atoms with van der Waals surface area (Å²) in [6.45, 7) is 5.50. The molecule has 0 radical (unpaired) electrons. The molecule has 0 amide bonds. The first kappa shape index (κ1) is 18.5. The van der Waals surface area contributed by atoms with Crippen LogP contribution >= 0.6 is 0 Å². The number of nitrogens with zero attached hydrogens (tertiary/aromatic N) is 4. The Morgan fingerprint density at radius 1 is 1.05 bits per heavy atom. The Kier molecular flexibility index (Phi) is 8.58. The maximum atomic E-state index is 10.2. The van der Waals surface area contributed by atoms with Crippen molar-refractivity contribution < 1.29 is 10.2 Å². The molecule has 124 valence electrons. The number of allylic oxidation sites excluding steroid dienone is 1. The summed E-state index contributed by atoms with van der Waals surface area (Å²) in [5.74, 6) is -0.00301. The van der Waals surface area contributed by atoms with Crippen molar-refractivity contribution in [3.05, 3.63) is 23.6 Å². The van der Waals surface area contributed by atoms with Gasteiger partial charge in [-0.25, -0.2) is 0 Å². The summed E-state index contributed by atoms with van der Waals surface area (Å²) >= 11 is 0. The maximum absolute atomic E-state index is 10.2. The SMILES string of the molecule is CCCCC/N=N/C1=C(O)CC(O)(/N=N/CCCCC)C=C1. The quantitative estimate of drug-likeness (QED) is 0.453. The Labute approximate surface area is 132 Å². The molecule has 0 aromatic carbocycles. The molecule has 0 aromatic rings. The van der Waals surface area contributed by atoms with E-state index in [1.807, 2.05) is 0 Å². The third-order valence-electron chi connectivity index (χ3n) is 3.38. The van der Waals surface area contributed by atoms with Gasteiger partial charge in [-0.05, 0) is 25.0 Å². The van der Waals surface area contributed by atoms with Crippen LogP contribution < -0.4 is 0 Å². The molecule has 0 aliphatic heterocycles. The average molecular weight is 308 g/mol. The molecule has 6 heteroatoms. The minimum atomic E-state index is -1.46. The fraction of sp³-hybridized carbons (Fsp3) is 0.750. The van der Waals surface area contributed by atoms with E-state index in [9.17, 15) is 10.2 Å². The summed E-state index contributed by atoms with van der Waals surface area (Å²) in [4.78, 5) is 0. The zero-order chi connectivity index (χ0) is 16.3. The van der Waals surface area contributed by atoms with Crippen LogP contribution in [0.2, 0.25) is 0 Å². The van der Waals surface area contributed by atoms with E-state index >= 15 is 0 Å². The molecule has 0 saturated heterocycles. The third-order valence-corrected chi connectivity index (χ3v) is 3.38. The van der Waals surface area contributed by atoms with Crippen molar-refractivity contribution >= 4 is 0 Å². The predicted octanol–water partition coefficient (Wildman–Crippen LogP) is 4.69. The van der Waals surface area contributed by atoms with Crippen molar-refractivity contribution in [1.82, 2.24) is 0 Å². The summed E-state index contributed by atoms with van der Waals surface area (Å²) < 4.78 is 0. The molecule has 0 fully saturated rings. The van der Waals surface area contributed by atoms with Crippen LogP contribution in [0.3, 0.4) is 0 Å². The highest BCUT2D eigenvalue weighted by Gasteiger charge is 2.29. The zero-order valence-electron chi connectivity index (χ0n) is 13.7. The van der Waals surface area contributed by atoms with Crippen molar-refractivity contribution in [3.8, 4) is 0 Å². The number of azo groups is 2. The first-order valence-corrected chi connectivity index (χ1v) is 8.21. The summed E-state index contributed by atoms with van der Waals surface area (Å²) in [5, 5.41) is 36.2. The number of rotatable bonds is 10.